The van der Waals surface area contributed by atoms with Gasteiger partial charge in [0.15, 0.2) is 0 Å². The lowest BCUT2D eigenvalue weighted by Crippen LogP contribution is -2.30. The van der Waals surface area contributed by atoms with Crippen LogP contribution in [0.5, 0.6) is 0 Å². The summed E-state index contributed by atoms with van der Waals surface area (Å²) in [6.07, 6.45) is 0. The van der Waals surface area contributed by atoms with Gasteiger partial charge in [0.25, 0.3) is 0 Å². The molecule has 54 valence electrons. The van der Waals surface area contributed by atoms with Crippen LogP contribution in [0.1, 0.15) is 20.8 Å². The van der Waals surface area contributed by atoms with E-state index in [1.54, 1.807) is 14.2 Å². The molecule has 2 nitrogen and oxygen atoms in total. The summed E-state index contributed by atoms with van der Waals surface area (Å²) in [6.45, 7) is 6.41. The summed E-state index contributed by atoms with van der Waals surface area (Å²) in [6, 6.07) is 0. The molecule has 0 aliphatic rings. The maximum absolute atomic E-state index is 5.18. The summed E-state index contributed by atoms with van der Waals surface area (Å²) in [5.41, 5.74) is 0. The molecule has 0 atom stereocenters. The van der Waals surface area contributed by atoms with Gasteiger partial charge in [-0.15, -0.1) is 0 Å². The summed E-state index contributed by atoms with van der Waals surface area (Å²) >= 11 is -1.38. The van der Waals surface area contributed by atoms with Crippen LogP contribution in [0.2, 0.25) is 4.28 Å². The molecule has 0 saturated carbocycles. The van der Waals surface area contributed by atoms with Crippen molar-refractivity contribution < 1.29 is 7.58 Å². The predicted molar refractivity (Wildman–Crippen MR) is 39.5 cm³/mol. The smallest absolute Gasteiger partial charge is 0.481 e. The molecule has 0 fully saturated rings. The molecule has 0 bridgehead atoms. The van der Waals surface area contributed by atoms with Crippen molar-refractivity contribution in [3.63, 3.8) is 0 Å². The molecule has 0 aromatic heterocycles. The highest BCUT2D eigenvalue weighted by molar-refractivity contribution is 6.48. The largest absolute Gasteiger partial charge is 0.680 e. The first-order valence-corrected chi connectivity index (χ1v) is 4.60. The van der Waals surface area contributed by atoms with Crippen molar-refractivity contribution in [2.75, 3.05) is 14.2 Å². The molecule has 3 heteroatoms. The van der Waals surface area contributed by atoms with E-state index in [4.69, 9.17) is 7.58 Å². The van der Waals surface area contributed by atoms with E-state index in [0.717, 1.165) is 0 Å². The Bertz CT molecular complexity index is 73.6. The van der Waals surface area contributed by atoms with Gasteiger partial charge in [-0.25, -0.2) is 0 Å². The summed E-state index contributed by atoms with van der Waals surface area (Å²) in [5, 5.41) is 0. The van der Waals surface area contributed by atoms with Crippen molar-refractivity contribution in [1.82, 2.24) is 0 Å². The van der Waals surface area contributed by atoms with Crippen molar-refractivity contribution >= 4 is 14.8 Å². The van der Waals surface area contributed by atoms with Gasteiger partial charge >= 0.3 is 14.8 Å². The van der Waals surface area contributed by atoms with Crippen LogP contribution in [-0.2, 0) is 7.58 Å². The van der Waals surface area contributed by atoms with E-state index < -0.39 is 14.8 Å². The molecule has 0 N–H and O–H groups in total. The third kappa shape index (κ3) is 3.22. The third-order valence-electron chi connectivity index (χ3n) is 1.14. The molecule has 0 heterocycles. The SMILES string of the molecule is C[O][Al]([O]C)[C](C)(C)C. The minimum Gasteiger partial charge on any atom is -0.481 e. The first kappa shape index (κ1) is 9.45. The average molecular weight is 146 g/mol. The topological polar surface area (TPSA) is 18.5 Å². The molecule has 0 aromatic carbocycles. The van der Waals surface area contributed by atoms with Crippen LogP contribution in [-0.4, -0.2) is 29.0 Å². The molecule has 0 unspecified atom stereocenters. The monoisotopic (exact) mass is 146 g/mol. The summed E-state index contributed by atoms with van der Waals surface area (Å²) < 4.78 is 10.6. The Morgan fingerprint density at radius 1 is 1.00 bits per heavy atom. The van der Waals surface area contributed by atoms with Crippen LogP contribution in [0.3, 0.4) is 0 Å². The highest BCUT2D eigenvalue weighted by Crippen LogP contribution is 2.26. The molecular weight excluding hydrogens is 131 g/mol. The molecule has 0 saturated heterocycles. The van der Waals surface area contributed by atoms with Gasteiger partial charge in [-0.1, -0.05) is 20.8 Å². The zero-order valence-corrected chi connectivity index (χ0v) is 8.05. The van der Waals surface area contributed by atoms with Crippen LogP contribution in [0.4, 0.5) is 0 Å². The Labute approximate surface area is 62.2 Å². The van der Waals surface area contributed by atoms with E-state index >= 15 is 0 Å². The first-order valence-electron chi connectivity index (χ1n) is 3.08. The van der Waals surface area contributed by atoms with E-state index in [2.05, 4.69) is 20.8 Å². The van der Waals surface area contributed by atoms with Gasteiger partial charge in [0.1, 0.15) is 0 Å². The van der Waals surface area contributed by atoms with Crippen LogP contribution in [0.25, 0.3) is 0 Å². The number of hydrogen-bond acceptors (Lipinski definition) is 2. The molecule has 0 spiro atoms. The fourth-order valence-electron chi connectivity index (χ4n) is 0.803. The normalized spacial score (nSPS) is 11.7. The standard InChI is InChI=1S/C4H9.2CH3O.Al/c1-4(2)3;2*1-2;/h1-3H3;2*1H3;/q;2*-1;+2. The second-order valence-electron chi connectivity index (χ2n) is 3.17. The van der Waals surface area contributed by atoms with E-state index in [0.29, 0.717) is 0 Å². The fraction of sp³-hybridized carbons (Fsp3) is 1.00. The lowest BCUT2D eigenvalue weighted by Gasteiger charge is -2.20. The number of hydrogen-bond donors (Lipinski definition) is 0. The third-order valence-corrected chi connectivity index (χ3v) is 3.41. The molecule has 0 aliphatic heterocycles. The molecule has 9 heavy (non-hydrogen) atoms. The minimum atomic E-state index is -1.38. The Hall–Kier alpha value is 0.452. The van der Waals surface area contributed by atoms with Crippen molar-refractivity contribution in [3.05, 3.63) is 0 Å². The predicted octanol–water partition coefficient (Wildman–Crippen LogP) is 1.57. The molecule has 0 radical (unpaired) electrons. The Balaban J connectivity index is 3.79. The maximum Gasteiger partial charge on any atom is 0.680 e. The van der Waals surface area contributed by atoms with Gasteiger partial charge in [0.05, 0.1) is 0 Å². The molecule has 0 rings (SSSR count). The van der Waals surface area contributed by atoms with E-state index in [1.807, 2.05) is 0 Å². The highest BCUT2D eigenvalue weighted by Gasteiger charge is 2.37. The lowest BCUT2D eigenvalue weighted by atomic mass is 10.2. The van der Waals surface area contributed by atoms with Crippen molar-refractivity contribution in [2.24, 2.45) is 0 Å². The van der Waals surface area contributed by atoms with Crippen LogP contribution in [0.15, 0.2) is 0 Å². The summed E-state index contributed by atoms with van der Waals surface area (Å²) in [4.78, 5) is 0. The Morgan fingerprint density at radius 3 is 1.33 bits per heavy atom. The quantitative estimate of drug-likeness (QED) is 0.550. The molecule has 0 aliphatic carbocycles. The van der Waals surface area contributed by atoms with Crippen molar-refractivity contribution in [1.29, 1.82) is 0 Å². The maximum atomic E-state index is 5.18. The zero-order chi connectivity index (χ0) is 7.49. The van der Waals surface area contributed by atoms with Gasteiger partial charge < -0.3 is 7.58 Å². The van der Waals surface area contributed by atoms with Gasteiger partial charge in [-0.2, -0.15) is 0 Å². The molecule has 0 aromatic rings. The van der Waals surface area contributed by atoms with Crippen molar-refractivity contribution in [3.8, 4) is 0 Å². The van der Waals surface area contributed by atoms with E-state index in [-0.39, 0.29) is 4.28 Å². The lowest BCUT2D eigenvalue weighted by molar-refractivity contribution is 0.251. The van der Waals surface area contributed by atoms with Gasteiger partial charge in [0.2, 0.25) is 0 Å². The zero-order valence-electron chi connectivity index (χ0n) is 6.89. The van der Waals surface area contributed by atoms with Crippen LogP contribution < -0.4 is 0 Å². The van der Waals surface area contributed by atoms with Gasteiger partial charge in [-0.05, 0) is 4.28 Å². The van der Waals surface area contributed by atoms with Crippen LogP contribution >= 0.6 is 0 Å². The molecular formula is C6H15AlO2. The number of rotatable bonds is 2. The van der Waals surface area contributed by atoms with Gasteiger partial charge in [0, 0.05) is 14.2 Å². The summed E-state index contributed by atoms with van der Waals surface area (Å²) in [5.74, 6) is 0. The highest BCUT2D eigenvalue weighted by atomic mass is 27.2. The van der Waals surface area contributed by atoms with E-state index in [1.165, 1.54) is 0 Å². The molecule has 0 amide bonds. The average Bonchev–Trinajstić information content (AvgIpc) is 1.65. The Kier molecular flexibility index (Phi) is 3.76. The minimum absolute atomic E-state index is 0.212. The fourth-order valence-corrected chi connectivity index (χ4v) is 2.41. The first-order chi connectivity index (χ1) is 4.02. The van der Waals surface area contributed by atoms with Crippen molar-refractivity contribution in [2.45, 2.75) is 25.0 Å². The van der Waals surface area contributed by atoms with Crippen LogP contribution in [0, 0.1) is 0 Å². The van der Waals surface area contributed by atoms with E-state index in [9.17, 15) is 0 Å². The van der Waals surface area contributed by atoms with Gasteiger partial charge in [-0.3, -0.25) is 0 Å². The summed E-state index contributed by atoms with van der Waals surface area (Å²) in [7, 11) is 3.43. The second kappa shape index (κ2) is 3.58. The Morgan fingerprint density at radius 2 is 1.33 bits per heavy atom. The second-order valence-corrected chi connectivity index (χ2v) is 6.51.